The molecule has 0 bridgehead atoms. The highest BCUT2D eigenvalue weighted by Crippen LogP contribution is 2.29. The van der Waals surface area contributed by atoms with Crippen LogP contribution in [0.25, 0.3) is 0 Å². The van der Waals surface area contributed by atoms with E-state index in [4.69, 9.17) is 10.5 Å². The van der Waals surface area contributed by atoms with Gasteiger partial charge in [-0.25, -0.2) is 4.39 Å². The van der Waals surface area contributed by atoms with E-state index in [-0.39, 0.29) is 6.61 Å². The zero-order valence-electron chi connectivity index (χ0n) is 12.1. The topological polar surface area (TPSA) is 53.1 Å². The number of nitrogens with two attached hydrogens (primary N) is 1. The van der Waals surface area contributed by atoms with Crippen LogP contribution in [0.15, 0.2) is 28.9 Å². The van der Waals surface area contributed by atoms with E-state index in [0.717, 1.165) is 18.5 Å². The SMILES string of the molecule is CCC(CC)n1ccc(COc2cc(F)c(Br)cc2N)n1. The molecule has 2 N–H and O–H groups in total. The lowest BCUT2D eigenvalue weighted by atomic mass is 10.2. The maximum Gasteiger partial charge on any atom is 0.145 e. The number of hydrogen-bond donors (Lipinski definition) is 1. The van der Waals surface area contributed by atoms with E-state index in [2.05, 4.69) is 34.9 Å². The lowest BCUT2D eigenvalue weighted by Crippen LogP contribution is -2.08. The highest BCUT2D eigenvalue weighted by molar-refractivity contribution is 9.10. The van der Waals surface area contributed by atoms with Gasteiger partial charge < -0.3 is 10.5 Å². The van der Waals surface area contributed by atoms with Crippen LogP contribution in [0.1, 0.15) is 38.4 Å². The van der Waals surface area contributed by atoms with Gasteiger partial charge in [-0.2, -0.15) is 5.10 Å². The molecule has 1 heterocycles. The molecule has 0 unspecified atom stereocenters. The summed E-state index contributed by atoms with van der Waals surface area (Å²) >= 11 is 3.09. The zero-order chi connectivity index (χ0) is 15.4. The number of aromatic nitrogens is 2. The first kappa shape index (κ1) is 15.8. The summed E-state index contributed by atoms with van der Waals surface area (Å²) < 4.78 is 21.3. The molecule has 0 aliphatic rings. The van der Waals surface area contributed by atoms with Crippen molar-refractivity contribution in [3.8, 4) is 5.75 Å². The minimum Gasteiger partial charge on any atom is -0.485 e. The highest BCUT2D eigenvalue weighted by Gasteiger charge is 2.10. The Morgan fingerprint density at radius 3 is 2.76 bits per heavy atom. The van der Waals surface area contributed by atoms with Crippen LogP contribution in [0.3, 0.4) is 0 Å². The van der Waals surface area contributed by atoms with Gasteiger partial charge in [-0.3, -0.25) is 4.68 Å². The lowest BCUT2D eigenvalue weighted by Gasteiger charge is -2.12. The van der Waals surface area contributed by atoms with Gasteiger partial charge in [-0.15, -0.1) is 0 Å². The second-order valence-corrected chi connectivity index (χ2v) is 5.70. The summed E-state index contributed by atoms with van der Waals surface area (Å²) in [5.74, 6) is -0.0745. The number of anilines is 1. The number of nitrogen functional groups attached to an aromatic ring is 1. The van der Waals surface area contributed by atoms with Crippen molar-refractivity contribution >= 4 is 21.6 Å². The number of hydrogen-bond acceptors (Lipinski definition) is 3. The van der Waals surface area contributed by atoms with Gasteiger partial charge in [-0.1, -0.05) is 13.8 Å². The Hall–Kier alpha value is -1.56. The van der Waals surface area contributed by atoms with E-state index in [1.165, 1.54) is 12.1 Å². The van der Waals surface area contributed by atoms with Crippen molar-refractivity contribution in [1.29, 1.82) is 0 Å². The Kier molecular flexibility index (Phi) is 5.22. The third-order valence-electron chi connectivity index (χ3n) is 3.41. The minimum absolute atomic E-state index is 0.262. The van der Waals surface area contributed by atoms with Gasteiger partial charge >= 0.3 is 0 Å². The van der Waals surface area contributed by atoms with Crippen LogP contribution < -0.4 is 10.5 Å². The number of halogens is 2. The number of nitrogens with zero attached hydrogens (tertiary/aromatic N) is 2. The van der Waals surface area contributed by atoms with Crippen LogP contribution in [0.4, 0.5) is 10.1 Å². The Balaban J connectivity index is 2.05. The smallest absolute Gasteiger partial charge is 0.145 e. The first-order valence-electron chi connectivity index (χ1n) is 6.96. The molecule has 1 aromatic carbocycles. The standard InChI is InChI=1S/C15H19BrFN3O/c1-3-11(4-2)20-6-5-10(19-20)9-21-15-8-13(17)12(16)7-14(15)18/h5-8,11H,3-4,9,18H2,1-2H3. The van der Waals surface area contributed by atoms with Crippen molar-refractivity contribution in [3.05, 3.63) is 40.4 Å². The van der Waals surface area contributed by atoms with E-state index in [1.807, 2.05) is 16.9 Å². The van der Waals surface area contributed by atoms with Crippen LogP contribution in [0, 0.1) is 5.82 Å². The Bertz CT molecular complexity index is 611. The molecule has 2 rings (SSSR count). The molecule has 0 radical (unpaired) electrons. The number of benzene rings is 1. The first-order chi connectivity index (χ1) is 10.0. The number of ether oxygens (including phenoxy) is 1. The van der Waals surface area contributed by atoms with E-state index in [0.29, 0.717) is 22.0 Å². The average Bonchev–Trinajstić information content (AvgIpc) is 2.91. The molecule has 6 heteroatoms. The molecular formula is C15H19BrFN3O. The fraction of sp³-hybridized carbons (Fsp3) is 0.400. The Morgan fingerprint density at radius 2 is 2.10 bits per heavy atom. The first-order valence-corrected chi connectivity index (χ1v) is 7.75. The normalized spacial score (nSPS) is 11.1. The van der Waals surface area contributed by atoms with E-state index in [9.17, 15) is 4.39 Å². The van der Waals surface area contributed by atoms with Crippen molar-refractivity contribution in [1.82, 2.24) is 9.78 Å². The zero-order valence-corrected chi connectivity index (χ0v) is 13.7. The summed E-state index contributed by atoms with van der Waals surface area (Å²) in [5.41, 5.74) is 6.99. The fourth-order valence-corrected chi connectivity index (χ4v) is 2.50. The second kappa shape index (κ2) is 6.93. The predicted molar refractivity (Wildman–Crippen MR) is 84.7 cm³/mol. The molecule has 0 saturated heterocycles. The second-order valence-electron chi connectivity index (χ2n) is 4.85. The summed E-state index contributed by atoms with van der Waals surface area (Å²) in [6, 6.07) is 5.07. The van der Waals surface area contributed by atoms with Crippen molar-refractivity contribution in [2.75, 3.05) is 5.73 Å². The summed E-state index contributed by atoms with van der Waals surface area (Å²) in [5, 5.41) is 4.48. The third-order valence-corrected chi connectivity index (χ3v) is 4.02. The van der Waals surface area contributed by atoms with Gasteiger partial charge in [0.1, 0.15) is 18.2 Å². The van der Waals surface area contributed by atoms with E-state index >= 15 is 0 Å². The molecular weight excluding hydrogens is 337 g/mol. The van der Waals surface area contributed by atoms with E-state index in [1.54, 1.807) is 0 Å². The molecule has 0 amide bonds. The summed E-state index contributed by atoms with van der Waals surface area (Å²) in [6.45, 7) is 4.53. The maximum atomic E-state index is 13.5. The molecule has 0 aliphatic carbocycles. The molecule has 0 spiro atoms. The van der Waals surface area contributed by atoms with Gasteiger partial charge in [0.05, 0.1) is 21.9 Å². The largest absolute Gasteiger partial charge is 0.485 e. The van der Waals surface area contributed by atoms with Gasteiger partial charge in [0.15, 0.2) is 0 Å². The molecule has 21 heavy (non-hydrogen) atoms. The summed E-state index contributed by atoms with van der Waals surface area (Å²) in [4.78, 5) is 0. The molecule has 0 saturated carbocycles. The Morgan fingerprint density at radius 1 is 1.38 bits per heavy atom. The van der Waals surface area contributed by atoms with Crippen molar-refractivity contribution in [2.45, 2.75) is 39.3 Å². The third kappa shape index (κ3) is 3.75. The molecule has 114 valence electrons. The molecule has 2 aromatic rings. The summed E-state index contributed by atoms with van der Waals surface area (Å²) in [7, 11) is 0. The highest BCUT2D eigenvalue weighted by atomic mass is 79.9. The van der Waals surface area contributed by atoms with Crippen LogP contribution in [0.2, 0.25) is 0 Å². The molecule has 4 nitrogen and oxygen atoms in total. The molecule has 0 aliphatic heterocycles. The minimum atomic E-state index is -0.401. The quantitative estimate of drug-likeness (QED) is 0.785. The van der Waals surface area contributed by atoms with Gasteiger partial charge in [0.2, 0.25) is 0 Å². The monoisotopic (exact) mass is 355 g/mol. The van der Waals surface area contributed by atoms with Crippen LogP contribution in [0.5, 0.6) is 5.75 Å². The van der Waals surface area contributed by atoms with Gasteiger partial charge in [0, 0.05) is 12.3 Å². The maximum absolute atomic E-state index is 13.5. The van der Waals surface area contributed by atoms with Crippen LogP contribution in [-0.4, -0.2) is 9.78 Å². The molecule has 1 aromatic heterocycles. The van der Waals surface area contributed by atoms with Crippen LogP contribution in [-0.2, 0) is 6.61 Å². The average molecular weight is 356 g/mol. The Labute approximate surface area is 132 Å². The van der Waals surface area contributed by atoms with Crippen molar-refractivity contribution < 1.29 is 9.13 Å². The van der Waals surface area contributed by atoms with Crippen molar-refractivity contribution in [3.63, 3.8) is 0 Å². The van der Waals surface area contributed by atoms with Crippen LogP contribution >= 0.6 is 15.9 Å². The van der Waals surface area contributed by atoms with E-state index < -0.39 is 5.82 Å². The fourth-order valence-electron chi connectivity index (χ4n) is 2.14. The summed E-state index contributed by atoms with van der Waals surface area (Å²) in [6.07, 6.45) is 4.01. The van der Waals surface area contributed by atoms with Crippen molar-refractivity contribution in [2.24, 2.45) is 0 Å². The van der Waals surface area contributed by atoms with Gasteiger partial charge in [-0.05, 0) is 40.9 Å². The molecule has 0 atom stereocenters. The molecule has 0 fully saturated rings. The van der Waals surface area contributed by atoms with Gasteiger partial charge in [0.25, 0.3) is 0 Å². The number of rotatable bonds is 6. The lowest BCUT2D eigenvalue weighted by molar-refractivity contribution is 0.297. The predicted octanol–water partition coefficient (Wildman–Crippen LogP) is 4.31.